The predicted octanol–water partition coefficient (Wildman–Crippen LogP) is 2.63. The van der Waals surface area contributed by atoms with Gasteiger partial charge in [0.1, 0.15) is 0 Å². The Balaban J connectivity index is 1.83. The number of nitrogens with one attached hydrogen (secondary N) is 1. The maximum Gasteiger partial charge on any atom is 0.243 e. The standard InChI is InChI=1S/C19H23N3O3S/c1-13-17-11-16(9-10-18(17)20-19(13)23)26(24,25)22(4)12-14-5-7-15(8-6-14)21(2)3/h5-11,13H,12H2,1-4H3,(H,20,23)/t13-/m1/s1. The summed E-state index contributed by atoms with van der Waals surface area (Å²) < 4.78 is 27.2. The average Bonchev–Trinajstić information content (AvgIpc) is 2.89. The first-order valence-electron chi connectivity index (χ1n) is 8.37. The van der Waals surface area contributed by atoms with E-state index in [9.17, 15) is 13.2 Å². The molecular weight excluding hydrogens is 350 g/mol. The second-order valence-electron chi connectivity index (χ2n) is 6.78. The van der Waals surface area contributed by atoms with E-state index in [4.69, 9.17) is 0 Å². The van der Waals surface area contributed by atoms with Crippen molar-refractivity contribution in [1.29, 1.82) is 0 Å². The molecule has 1 aliphatic heterocycles. The van der Waals surface area contributed by atoms with Crippen molar-refractivity contribution in [3.8, 4) is 0 Å². The summed E-state index contributed by atoms with van der Waals surface area (Å²) in [6.07, 6.45) is 0. The molecule has 26 heavy (non-hydrogen) atoms. The number of fused-ring (bicyclic) bond motifs is 1. The van der Waals surface area contributed by atoms with E-state index in [1.165, 1.54) is 10.4 Å². The lowest BCUT2D eigenvalue weighted by atomic mass is 10.0. The smallest absolute Gasteiger partial charge is 0.243 e. The number of anilines is 2. The molecule has 0 radical (unpaired) electrons. The van der Waals surface area contributed by atoms with E-state index < -0.39 is 10.0 Å². The van der Waals surface area contributed by atoms with Crippen molar-refractivity contribution in [2.75, 3.05) is 31.4 Å². The van der Waals surface area contributed by atoms with Crippen molar-refractivity contribution >= 4 is 27.3 Å². The molecule has 1 aliphatic rings. The molecule has 0 aromatic heterocycles. The monoisotopic (exact) mass is 373 g/mol. The van der Waals surface area contributed by atoms with Crippen LogP contribution in [0.1, 0.15) is 24.0 Å². The minimum absolute atomic E-state index is 0.108. The minimum Gasteiger partial charge on any atom is -0.378 e. The number of rotatable bonds is 5. The van der Waals surface area contributed by atoms with Crippen LogP contribution < -0.4 is 10.2 Å². The third kappa shape index (κ3) is 3.32. The molecule has 1 heterocycles. The van der Waals surface area contributed by atoms with Crippen molar-refractivity contribution in [3.05, 3.63) is 53.6 Å². The lowest BCUT2D eigenvalue weighted by Crippen LogP contribution is -2.26. The highest BCUT2D eigenvalue weighted by molar-refractivity contribution is 7.89. The molecule has 1 amide bonds. The zero-order valence-electron chi connectivity index (χ0n) is 15.4. The van der Waals surface area contributed by atoms with Gasteiger partial charge in [0.15, 0.2) is 0 Å². The molecule has 1 atom stereocenters. The summed E-state index contributed by atoms with van der Waals surface area (Å²) in [5, 5.41) is 2.76. The first kappa shape index (κ1) is 18.4. The van der Waals surface area contributed by atoms with Gasteiger partial charge in [0, 0.05) is 39.1 Å². The molecule has 6 nitrogen and oxygen atoms in total. The first-order valence-corrected chi connectivity index (χ1v) is 9.81. The predicted molar refractivity (Wildman–Crippen MR) is 103 cm³/mol. The number of carbonyl (C=O) groups is 1. The van der Waals surface area contributed by atoms with Crippen LogP contribution in [0.3, 0.4) is 0 Å². The van der Waals surface area contributed by atoms with Crippen LogP contribution in [0.5, 0.6) is 0 Å². The van der Waals surface area contributed by atoms with E-state index >= 15 is 0 Å². The van der Waals surface area contributed by atoms with Crippen molar-refractivity contribution in [1.82, 2.24) is 4.31 Å². The Bertz CT molecular complexity index is 937. The maximum absolute atomic E-state index is 12.9. The van der Waals surface area contributed by atoms with Crippen LogP contribution in [0.15, 0.2) is 47.4 Å². The van der Waals surface area contributed by atoms with Gasteiger partial charge in [-0.3, -0.25) is 4.79 Å². The van der Waals surface area contributed by atoms with E-state index in [1.54, 1.807) is 26.1 Å². The largest absolute Gasteiger partial charge is 0.378 e. The number of sulfonamides is 1. The molecule has 0 aliphatic carbocycles. The summed E-state index contributed by atoms with van der Waals surface area (Å²) >= 11 is 0. The van der Waals surface area contributed by atoms with Gasteiger partial charge in [0.05, 0.1) is 10.8 Å². The second-order valence-corrected chi connectivity index (χ2v) is 8.83. The Kier molecular flexibility index (Phi) is 4.77. The van der Waals surface area contributed by atoms with Gasteiger partial charge in [-0.2, -0.15) is 4.31 Å². The normalized spacial score (nSPS) is 16.5. The summed E-state index contributed by atoms with van der Waals surface area (Å²) in [5.74, 6) is -0.451. The quantitative estimate of drug-likeness (QED) is 0.875. The molecule has 7 heteroatoms. The summed E-state index contributed by atoms with van der Waals surface area (Å²) in [6, 6.07) is 12.6. The highest BCUT2D eigenvalue weighted by Gasteiger charge is 2.29. The Morgan fingerprint density at radius 1 is 1.04 bits per heavy atom. The highest BCUT2D eigenvalue weighted by atomic mass is 32.2. The van der Waals surface area contributed by atoms with Crippen LogP contribution in [0, 0.1) is 0 Å². The van der Waals surface area contributed by atoms with E-state index in [-0.39, 0.29) is 23.3 Å². The fourth-order valence-electron chi connectivity index (χ4n) is 2.98. The molecule has 0 bridgehead atoms. The van der Waals surface area contributed by atoms with Gasteiger partial charge in [-0.1, -0.05) is 12.1 Å². The van der Waals surface area contributed by atoms with Gasteiger partial charge in [-0.05, 0) is 48.4 Å². The Morgan fingerprint density at radius 3 is 2.31 bits per heavy atom. The molecule has 0 unspecified atom stereocenters. The van der Waals surface area contributed by atoms with Crippen molar-refractivity contribution in [2.24, 2.45) is 0 Å². The highest BCUT2D eigenvalue weighted by Crippen LogP contribution is 2.34. The van der Waals surface area contributed by atoms with E-state index in [2.05, 4.69) is 5.32 Å². The molecule has 0 saturated carbocycles. The Labute approximate surface area is 154 Å². The third-order valence-electron chi connectivity index (χ3n) is 4.71. The van der Waals surface area contributed by atoms with Gasteiger partial charge < -0.3 is 10.2 Å². The number of benzene rings is 2. The summed E-state index contributed by atoms with van der Waals surface area (Å²) in [6.45, 7) is 2.05. The minimum atomic E-state index is -3.64. The fourth-order valence-corrected chi connectivity index (χ4v) is 4.17. The molecule has 2 aromatic carbocycles. The summed E-state index contributed by atoms with van der Waals surface area (Å²) in [5.41, 5.74) is 3.38. The fraction of sp³-hybridized carbons (Fsp3) is 0.316. The molecule has 0 fully saturated rings. The van der Waals surface area contributed by atoms with Crippen LogP contribution in [0.4, 0.5) is 11.4 Å². The van der Waals surface area contributed by atoms with Crippen molar-refractivity contribution in [2.45, 2.75) is 24.3 Å². The Morgan fingerprint density at radius 2 is 1.69 bits per heavy atom. The van der Waals surface area contributed by atoms with Gasteiger partial charge in [0.2, 0.25) is 15.9 Å². The molecule has 1 N–H and O–H groups in total. The first-order chi connectivity index (χ1) is 12.2. The van der Waals surface area contributed by atoms with E-state index in [0.717, 1.165) is 16.8 Å². The molecular formula is C19H23N3O3S. The second kappa shape index (κ2) is 6.74. The molecule has 3 rings (SSSR count). The number of amides is 1. The number of nitrogens with zero attached hydrogens (tertiary/aromatic N) is 2. The zero-order valence-corrected chi connectivity index (χ0v) is 16.2. The average molecular weight is 373 g/mol. The molecule has 2 aromatic rings. The molecule has 138 valence electrons. The lowest BCUT2D eigenvalue weighted by molar-refractivity contribution is -0.116. The maximum atomic E-state index is 12.9. The van der Waals surface area contributed by atoms with Crippen molar-refractivity contribution in [3.63, 3.8) is 0 Å². The van der Waals surface area contributed by atoms with Crippen LogP contribution in [-0.2, 0) is 21.4 Å². The Hall–Kier alpha value is -2.38. The lowest BCUT2D eigenvalue weighted by Gasteiger charge is -2.19. The van der Waals surface area contributed by atoms with Gasteiger partial charge in [-0.25, -0.2) is 8.42 Å². The van der Waals surface area contributed by atoms with Gasteiger partial charge in [-0.15, -0.1) is 0 Å². The van der Waals surface area contributed by atoms with E-state index in [0.29, 0.717) is 5.69 Å². The van der Waals surface area contributed by atoms with Gasteiger partial charge in [0.25, 0.3) is 0 Å². The topological polar surface area (TPSA) is 69.7 Å². The van der Waals surface area contributed by atoms with E-state index in [1.807, 2.05) is 43.3 Å². The van der Waals surface area contributed by atoms with Crippen LogP contribution in [-0.4, -0.2) is 39.8 Å². The van der Waals surface area contributed by atoms with Crippen LogP contribution in [0.25, 0.3) is 0 Å². The van der Waals surface area contributed by atoms with Gasteiger partial charge >= 0.3 is 0 Å². The SMILES string of the molecule is C[C@H]1C(=O)Nc2ccc(S(=O)(=O)N(C)Cc3ccc(N(C)C)cc3)cc21. The van der Waals surface area contributed by atoms with Crippen LogP contribution >= 0.6 is 0 Å². The molecule has 0 spiro atoms. The van der Waals surface area contributed by atoms with Crippen molar-refractivity contribution < 1.29 is 13.2 Å². The molecule has 0 saturated heterocycles. The van der Waals surface area contributed by atoms with Crippen LogP contribution in [0.2, 0.25) is 0 Å². The zero-order chi connectivity index (χ0) is 19.1. The summed E-state index contributed by atoms with van der Waals surface area (Å²) in [4.78, 5) is 14.0. The number of hydrogen-bond donors (Lipinski definition) is 1. The summed E-state index contributed by atoms with van der Waals surface area (Å²) in [7, 11) is 1.84. The third-order valence-corrected chi connectivity index (χ3v) is 6.51. The number of hydrogen-bond acceptors (Lipinski definition) is 4. The number of carbonyl (C=O) groups excluding carboxylic acids is 1.